The number of aliphatic hydroxyl groups is 1. The summed E-state index contributed by atoms with van der Waals surface area (Å²) in [5.74, 6) is 0. The first-order valence-corrected chi connectivity index (χ1v) is 3.15. The molecule has 0 saturated carbocycles. The average molecular weight is 152 g/mol. The predicted octanol–water partition coefficient (Wildman–Crippen LogP) is -0.238. The van der Waals surface area contributed by atoms with Crippen molar-refractivity contribution in [1.82, 2.24) is 15.0 Å². The molecule has 0 spiro atoms. The molecule has 1 aromatic heterocycles. The van der Waals surface area contributed by atoms with E-state index in [9.17, 15) is 5.11 Å². The van der Waals surface area contributed by atoms with Crippen LogP contribution in [0.2, 0.25) is 0 Å². The van der Waals surface area contributed by atoms with Gasteiger partial charge in [0.25, 0.3) is 0 Å². The second kappa shape index (κ2) is 3.12. The summed E-state index contributed by atoms with van der Waals surface area (Å²) in [6.07, 6.45) is 0.739. The molecule has 1 aromatic rings. The molecule has 0 aliphatic heterocycles. The Morgan fingerprint density at radius 1 is 1.91 bits per heavy atom. The summed E-state index contributed by atoms with van der Waals surface area (Å²) in [4.78, 5) is 0. The minimum absolute atomic E-state index is 0.0706. The Bertz CT molecular complexity index is 274. The third-order valence-corrected chi connectivity index (χ3v) is 1.38. The van der Waals surface area contributed by atoms with Gasteiger partial charge in [0.2, 0.25) is 0 Å². The standard InChI is InChI=1S/C6H8N4O/c1-10-5(4-8-9-10)6(11)2-3-7/h4,6,11H,2H2,1H3. The van der Waals surface area contributed by atoms with Crippen LogP contribution in [0.5, 0.6) is 0 Å². The maximum atomic E-state index is 9.27. The summed E-state index contributed by atoms with van der Waals surface area (Å²) in [6.45, 7) is 0. The minimum atomic E-state index is -0.778. The van der Waals surface area contributed by atoms with Gasteiger partial charge in [-0.15, -0.1) is 5.10 Å². The van der Waals surface area contributed by atoms with Gasteiger partial charge in [-0.05, 0) is 0 Å². The number of nitriles is 1. The van der Waals surface area contributed by atoms with Crippen LogP contribution in [0.25, 0.3) is 0 Å². The molecule has 1 heterocycles. The molecule has 5 nitrogen and oxygen atoms in total. The van der Waals surface area contributed by atoms with Crippen LogP contribution >= 0.6 is 0 Å². The molecule has 0 aliphatic carbocycles. The molecule has 0 radical (unpaired) electrons. The van der Waals surface area contributed by atoms with Crippen molar-refractivity contribution in [2.45, 2.75) is 12.5 Å². The van der Waals surface area contributed by atoms with Crippen LogP contribution in [-0.2, 0) is 7.05 Å². The maximum absolute atomic E-state index is 9.27. The monoisotopic (exact) mass is 152 g/mol. The lowest BCUT2D eigenvalue weighted by Crippen LogP contribution is -2.04. The lowest BCUT2D eigenvalue weighted by molar-refractivity contribution is 0.173. The predicted molar refractivity (Wildman–Crippen MR) is 36.2 cm³/mol. The molecule has 0 aromatic carbocycles. The molecule has 11 heavy (non-hydrogen) atoms. The Morgan fingerprint density at radius 2 is 2.64 bits per heavy atom. The molecule has 1 N–H and O–H groups in total. The van der Waals surface area contributed by atoms with Gasteiger partial charge in [-0.25, -0.2) is 4.68 Å². The van der Waals surface area contributed by atoms with Crippen molar-refractivity contribution in [3.05, 3.63) is 11.9 Å². The molecule has 5 heteroatoms. The molecule has 1 rings (SSSR count). The number of aliphatic hydroxyl groups excluding tert-OH is 1. The zero-order valence-electron chi connectivity index (χ0n) is 6.10. The van der Waals surface area contributed by atoms with E-state index in [1.165, 1.54) is 10.9 Å². The zero-order valence-corrected chi connectivity index (χ0v) is 6.10. The van der Waals surface area contributed by atoms with Gasteiger partial charge in [0.1, 0.15) is 6.10 Å². The smallest absolute Gasteiger partial charge is 0.110 e. The molecule has 0 saturated heterocycles. The Balaban J connectivity index is 2.77. The first kappa shape index (κ1) is 7.69. The van der Waals surface area contributed by atoms with E-state index in [0.29, 0.717) is 5.69 Å². The molecule has 1 unspecified atom stereocenters. The second-order valence-electron chi connectivity index (χ2n) is 2.16. The normalized spacial score (nSPS) is 12.5. The number of hydrogen-bond donors (Lipinski definition) is 1. The van der Waals surface area contributed by atoms with Gasteiger partial charge < -0.3 is 5.11 Å². The summed E-state index contributed by atoms with van der Waals surface area (Å²) in [5, 5.41) is 24.7. The zero-order chi connectivity index (χ0) is 8.27. The van der Waals surface area contributed by atoms with Gasteiger partial charge in [-0.3, -0.25) is 0 Å². The molecule has 0 fully saturated rings. The van der Waals surface area contributed by atoms with Crippen molar-refractivity contribution in [1.29, 1.82) is 5.26 Å². The van der Waals surface area contributed by atoms with Gasteiger partial charge in [0.05, 0.1) is 24.4 Å². The average Bonchev–Trinajstić information content (AvgIpc) is 2.36. The maximum Gasteiger partial charge on any atom is 0.110 e. The highest BCUT2D eigenvalue weighted by atomic mass is 16.3. The van der Waals surface area contributed by atoms with E-state index in [4.69, 9.17) is 5.26 Å². The first-order valence-electron chi connectivity index (χ1n) is 3.15. The van der Waals surface area contributed by atoms with Crippen molar-refractivity contribution < 1.29 is 5.11 Å². The lowest BCUT2D eigenvalue weighted by Gasteiger charge is -2.03. The van der Waals surface area contributed by atoms with E-state index >= 15 is 0 Å². The second-order valence-corrected chi connectivity index (χ2v) is 2.16. The fourth-order valence-electron chi connectivity index (χ4n) is 0.790. The third kappa shape index (κ3) is 1.53. The SMILES string of the molecule is Cn1nncc1C(O)CC#N. The van der Waals surface area contributed by atoms with Crippen LogP contribution in [0.4, 0.5) is 0 Å². The van der Waals surface area contributed by atoms with E-state index in [0.717, 1.165) is 0 Å². The Hall–Kier alpha value is -1.41. The summed E-state index contributed by atoms with van der Waals surface area (Å²) in [6, 6.07) is 1.86. The van der Waals surface area contributed by atoms with Crippen molar-refractivity contribution in [2.24, 2.45) is 7.05 Å². The van der Waals surface area contributed by atoms with Crippen molar-refractivity contribution in [3.8, 4) is 6.07 Å². The first-order chi connectivity index (χ1) is 5.25. The van der Waals surface area contributed by atoms with Crippen LogP contribution in [0, 0.1) is 11.3 Å². The molecule has 0 bridgehead atoms. The number of aromatic nitrogens is 3. The molecular weight excluding hydrogens is 144 g/mol. The molecule has 1 atom stereocenters. The number of rotatable bonds is 2. The quantitative estimate of drug-likeness (QED) is 0.634. The Morgan fingerprint density at radius 3 is 3.09 bits per heavy atom. The van der Waals surface area contributed by atoms with E-state index in [1.807, 2.05) is 6.07 Å². The highest BCUT2D eigenvalue weighted by Crippen LogP contribution is 2.12. The molecule has 0 amide bonds. The van der Waals surface area contributed by atoms with Gasteiger partial charge >= 0.3 is 0 Å². The lowest BCUT2D eigenvalue weighted by atomic mass is 10.2. The summed E-state index contributed by atoms with van der Waals surface area (Å²) >= 11 is 0. The molecule has 58 valence electrons. The highest BCUT2D eigenvalue weighted by Gasteiger charge is 2.10. The van der Waals surface area contributed by atoms with Crippen molar-refractivity contribution in [2.75, 3.05) is 0 Å². The van der Waals surface area contributed by atoms with Gasteiger partial charge in [-0.1, -0.05) is 5.21 Å². The fraction of sp³-hybridized carbons (Fsp3) is 0.500. The van der Waals surface area contributed by atoms with Gasteiger partial charge in [-0.2, -0.15) is 5.26 Å². The van der Waals surface area contributed by atoms with Crippen molar-refractivity contribution in [3.63, 3.8) is 0 Å². The summed E-state index contributed by atoms with van der Waals surface area (Å²) in [7, 11) is 1.67. The summed E-state index contributed by atoms with van der Waals surface area (Å²) in [5.41, 5.74) is 0.562. The third-order valence-electron chi connectivity index (χ3n) is 1.38. The van der Waals surface area contributed by atoms with E-state index in [-0.39, 0.29) is 6.42 Å². The molecular formula is C6H8N4O. The summed E-state index contributed by atoms with van der Waals surface area (Å²) < 4.78 is 1.45. The fourth-order valence-corrected chi connectivity index (χ4v) is 0.790. The topological polar surface area (TPSA) is 74.7 Å². The largest absolute Gasteiger partial charge is 0.386 e. The Labute approximate surface area is 63.9 Å². The van der Waals surface area contributed by atoms with E-state index < -0.39 is 6.10 Å². The van der Waals surface area contributed by atoms with Crippen LogP contribution in [0.3, 0.4) is 0 Å². The van der Waals surface area contributed by atoms with Crippen LogP contribution in [0.15, 0.2) is 6.20 Å². The number of aryl methyl sites for hydroxylation is 1. The Kier molecular flexibility index (Phi) is 2.18. The van der Waals surface area contributed by atoms with Gasteiger partial charge in [0.15, 0.2) is 0 Å². The van der Waals surface area contributed by atoms with Gasteiger partial charge in [0, 0.05) is 7.05 Å². The minimum Gasteiger partial charge on any atom is -0.386 e. The highest BCUT2D eigenvalue weighted by molar-refractivity contribution is 5.00. The van der Waals surface area contributed by atoms with Crippen LogP contribution in [-0.4, -0.2) is 20.1 Å². The van der Waals surface area contributed by atoms with E-state index in [2.05, 4.69) is 10.3 Å². The van der Waals surface area contributed by atoms with Crippen LogP contribution < -0.4 is 0 Å². The van der Waals surface area contributed by atoms with E-state index in [1.54, 1.807) is 7.05 Å². The molecule has 0 aliphatic rings. The van der Waals surface area contributed by atoms with Crippen LogP contribution in [0.1, 0.15) is 18.2 Å². The number of nitrogens with zero attached hydrogens (tertiary/aromatic N) is 4. The number of hydrogen-bond acceptors (Lipinski definition) is 4. The van der Waals surface area contributed by atoms with Crippen molar-refractivity contribution >= 4 is 0 Å².